The number of nitrogens with zero attached hydrogens (tertiary/aromatic N) is 2. The number of carbonyl (C=O) groups excluding carboxylic acids is 2. The predicted octanol–water partition coefficient (Wildman–Crippen LogP) is 1.23. The molecule has 6 nitrogen and oxygen atoms in total. The van der Waals surface area contributed by atoms with Gasteiger partial charge >= 0.3 is 179 Å². The molecule has 0 saturated heterocycles. The van der Waals surface area contributed by atoms with E-state index in [1.54, 1.807) is 42.0 Å². The second-order valence-corrected chi connectivity index (χ2v) is 15.5. The molecule has 7 heteroatoms. The van der Waals surface area contributed by atoms with Crippen LogP contribution in [0.25, 0.3) is 0 Å². The molecule has 0 aliphatic rings. The van der Waals surface area contributed by atoms with Crippen molar-refractivity contribution in [1.82, 2.24) is 9.80 Å². The molecule has 2 aromatic rings. The van der Waals surface area contributed by atoms with Gasteiger partial charge in [0.15, 0.2) is 0 Å². The van der Waals surface area contributed by atoms with Crippen LogP contribution in [-0.2, 0) is 15.7 Å². The first-order valence-corrected chi connectivity index (χ1v) is 14.8. The second-order valence-electron chi connectivity index (χ2n) is 7.33. The number of benzene rings is 2. The maximum atomic E-state index is 12.6. The molecule has 2 atom stereocenters. The monoisotopic (exact) mass is 506 g/mol. The summed E-state index contributed by atoms with van der Waals surface area (Å²) in [6.07, 6.45) is -1.41. The van der Waals surface area contributed by atoms with E-state index in [-0.39, 0.29) is 11.8 Å². The van der Waals surface area contributed by atoms with Crippen molar-refractivity contribution in [3.05, 3.63) is 60.7 Å². The first kappa shape index (κ1) is 23.4. The van der Waals surface area contributed by atoms with Crippen molar-refractivity contribution in [1.29, 1.82) is 0 Å². The van der Waals surface area contributed by atoms with Crippen LogP contribution in [0.3, 0.4) is 0 Å². The van der Waals surface area contributed by atoms with Gasteiger partial charge in [-0.3, -0.25) is 0 Å². The van der Waals surface area contributed by atoms with Gasteiger partial charge in [0.1, 0.15) is 0 Å². The summed E-state index contributed by atoms with van der Waals surface area (Å²) in [7, 11) is 6.79. The van der Waals surface area contributed by atoms with Crippen LogP contribution >= 0.6 is 0 Å². The van der Waals surface area contributed by atoms with Crippen LogP contribution < -0.4 is 7.16 Å². The Morgan fingerprint density at radius 2 is 1.00 bits per heavy atom. The van der Waals surface area contributed by atoms with Gasteiger partial charge in [-0.1, -0.05) is 0 Å². The Morgan fingerprint density at radius 1 is 0.690 bits per heavy atom. The molecule has 2 aromatic carbocycles. The van der Waals surface area contributed by atoms with Crippen molar-refractivity contribution in [2.45, 2.75) is 26.1 Å². The van der Waals surface area contributed by atoms with Crippen LogP contribution in [0.1, 0.15) is 13.8 Å². The van der Waals surface area contributed by atoms with Crippen molar-refractivity contribution >= 4 is 38.2 Å². The summed E-state index contributed by atoms with van der Waals surface area (Å²) in [4.78, 5) is 28.2. The van der Waals surface area contributed by atoms with E-state index in [1.807, 2.05) is 60.7 Å². The molecule has 0 aliphatic heterocycles. The van der Waals surface area contributed by atoms with E-state index in [2.05, 4.69) is 0 Å². The molecule has 2 rings (SSSR count). The first-order chi connectivity index (χ1) is 13.7. The van der Waals surface area contributed by atoms with E-state index >= 15 is 0 Å². The van der Waals surface area contributed by atoms with Crippen molar-refractivity contribution in [2.75, 3.05) is 28.2 Å². The minimum atomic E-state index is -4.39. The molecule has 0 heterocycles. The van der Waals surface area contributed by atoms with E-state index < -0.39 is 31.4 Å². The van der Waals surface area contributed by atoms with Crippen LogP contribution in [0.4, 0.5) is 0 Å². The molecule has 2 unspecified atom stereocenters. The van der Waals surface area contributed by atoms with Crippen LogP contribution in [-0.4, -0.2) is 81.2 Å². The van der Waals surface area contributed by atoms with E-state index in [4.69, 9.17) is 6.15 Å². The zero-order valence-corrected chi connectivity index (χ0v) is 20.8. The topological polar surface area (TPSA) is 59.1 Å². The summed E-state index contributed by atoms with van der Waals surface area (Å²) < 4.78 is 14.9. The minimum absolute atomic E-state index is 0.145. The average Bonchev–Trinajstić information content (AvgIpc) is 2.72. The SMILES string of the molecule is CC([O][Sn]([O]C(C)C(=O)N(C)C)([c]1ccccc1)[c]1ccccc1)C(=O)N(C)C. The van der Waals surface area contributed by atoms with E-state index in [9.17, 15) is 9.59 Å². The van der Waals surface area contributed by atoms with Gasteiger partial charge in [-0.25, -0.2) is 0 Å². The quantitative estimate of drug-likeness (QED) is 0.507. The zero-order valence-electron chi connectivity index (χ0n) is 18.0. The molecule has 0 bridgehead atoms. The fraction of sp³-hybridized carbons (Fsp3) is 0.364. The third-order valence-corrected chi connectivity index (χ3v) is 14.7. The molecule has 0 aromatic heterocycles. The molecule has 2 amide bonds. The van der Waals surface area contributed by atoms with E-state index in [0.717, 1.165) is 7.16 Å². The van der Waals surface area contributed by atoms with Gasteiger partial charge in [0.25, 0.3) is 0 Å². The molecular weight excluding hydrogens is 475 g/mol. The Hall–Kier alpha value is -1.90. The third-order valence-electron chi connectivity index (χ3n) is 4.57. The predicted molar refractivity (Wildman–Crippen MR) is 116 cm³/mol. The Morgan fingerprint density at radius 3 is 1.28 bits per heavy atom. The van der Waals surface area contributed by atoms with Gasteiger partial charge in [0.05, 0.1) is 0 Å². The van der Waals surface area contributed by atoms with Crippen LogP contribution in [0, 0.1) is 0 Å². The second kappa shape index (κ2) is 10.2. The molecule has 0 spiro atoms. The summed E-state index contributed by atoms with van der Waals surface area (Å²) in [5, 5.41) is 0. The third kappa shape index (κ3) is 5.58. The number of carbonyl (C=O) groups is 2. The summed E-state index contributed by atoms with van der Waals surface area (Å²) in [5.41, 5.74) is 0. The molecule has 0 fully saturated rings. The molecule has 156 valence electrons. The van der Waals surface area contributed by atoms with Gasteiger partial charge in [-0.05, 0) is 0 Å². The Bertz CT molecular complexity index is 743. The van der Waals surface area contributed by atoms with Gasteiger partial charge in [0.2, 0.25) is 0 Å². The van der Waals surface area contributed by atoms with Gasteiger partial charge in [-0.15, -0.1) is 0 Å². The molecule has 29 heavy (non-hydrogen) atoms. The van der Waals surface area contributed by atoms with Crippen molar-refractivity contribution in [3.8, 4) is 0 Å². The molecule has 0 saturated carbocycles. The van der Waals surface area contributed by atoms with Crippen LogP contribution in [0.15, 0.2) is 60.7 Å². The number of rotatable bonds is 8. The fourth-order valence-electron chi connectivity index (χ4n) is 3.11. The normalized spacial score (nSPS) is 13.4. The Kier molecular flexibility index (Phi) is 8.24. The summed E-state index contributed by atoms with van der Waals surface area (Å²) >= 11 is -4.39. The summed E-state index contributed by atoms with van der Waals surface area (Å²) in [6, 6.07) is 19.4. The van der Waals surface area contributed by atoms with Crippen LogP contribution in [0.5, 0.6) is 0 Å². The number of likely N-dealkylation sites (N-methyl/N-ethyl adjacent to an activating group) is 2. The number of hydrogen-bond donors (Lipinski definition) is 0. The van der Waals surface area contributed by atoms with E-state index in [1.165, 1.54) is 9.80 Å². The Balaban J connectivity index is 2.62. The molecular formula is C22H30N2O4Sn. The molecule has 0 radical (unpaired) electrons. The van der Waals surface area contributed by atoms with E-state index in [0.29, 0.717) is 0 Å². The molecule has 0 N–H and O–H groups in total. The average molecular weight is 505 g/mol. The number of amides is 2. The summed E-state index contributed by atoms with van der Waals surface area (Å²) in [6.45, 7) is 3.48. The first-order valence-electron chi connectivity index (χ1n) is 9.58. The molecule has 0 aliphatic carbocycles. The van der Waals surface area contributed by atoms with Gasteiger partial charge in [-0.2, -0.15) is 0 Å². The fourth-order valence-corrected chi connectivity index (χ4v) is 12.8. The zero-order chi connectivity index (χ0) is 21.6. The van der Waals surface area contributed by atoms with Gasteiger partial charge < -0.3 is 0 Å². The maximum absolute atomic E-state index is 12.6. The van der Waals surface area contributed by atoms with Crippen molar-refractivity contribution in [2.24, 2.45) is 0 Å². The van der Waals surface area contributed by atoms with Crippen molar-refractivity contribution < 1.29 is 15.7 Å². The Labute approximate surface area is 178 Å². The van der Waals surface area contributed by atoms with Gasteiger partial charge in [0, 0.05) is 0 Å². The summed E-state index contributed by atoms with van der Waals surface area (Å²) in [5.74, 6) is -0.291. The number of hydrogen-bond acceptors (Lipinski definition) is 4. The van der Waals surface area contributed by atoms with Crippen LogP contribution in [0.2, 0.25) is 0 Å². The van der Waals surface area contributed by atoms with Crippen molar-refractivity contribution in [3.63, 3.8) is 0 Å². The standard InChI is InChI=1S/2C6H5.2C5H10NO2.Sn/c2*1-2-4-6-5-3-1;2*1-4(7)5(8)6(2)3;/h2*1-5H;2*4H,1-3H3;/q;;2*-1;+2.